The lowest BCUT2D eigenvalue weighted by atomic mass is 9.82. The number of thioether (sulfide) groups is 1. The molecule has 26 heavy (non-hydrogen) atoms. The first kappa shape index (κ1) is 18.3. The zero-order valence-electron chi connectivity index (χ0n) is 13.8. The van der Waals surface area contributed by atoms with Gasteiger partial charge < -0.3 is 4.74 Å². The van der Waals surface area contributed by atoms with Crippen molar-refractivity contribution in [3.05, 3.63) is 52.5 Å². The van der Waals surface area contributed by atoms with E-state index in [4.69, 9.17) is 16.3 Å². The van der Waals surface area contributed by atoms with Crippen LogP contribution in [0.4, 0.5) is 8.78 Å². The Hall–Kier alpha value is -1.05. The van der Waals surface area contributed by atoms with E-state index in [-0.39, 0.29) is 34.0 Å². The van der Waals surface area contributed by atoms with E-state index in [0.717, 1.165) is 18.2 Å². The molecule has 1 aromatic carbocycles. The molecule has 0 amide bonds. The fourth-order valence-corrected chi connectivity index (χ4v) is 7.00. The quantitative estimate of drug-likeness (QED) is 0.689. The van der Waals surface area contributed by atoms with Gasteiger partial charge in [-0.2, -0.15) is 11.8 Å². The summed E-state index contributed by atoms with van der Waals surface area (Å²) < 4.78 is 62.5. The molecule has 0 radical (unpaired) electrons. The Morgan fingerprint density at radius 2 is 2.00 bits per heavy atom. The Labute approximate surface area is 160 Å². The van der Waals surface area contributed by atoms with Crippen LogP contribution in [0.2, 0.25) is 5.02 Å². The number of benzene rings is 1. The summed E-state index contributed by atoms with van der Waals surface area (Å²) in [5.41, 5.74) is -0.0455. The van der Waals surface area contributed by atoms with Gasteiger partial charge in [0.05, 0.1) is 4.90 Å². The van der Waals surface area contributed by atoms with Crippen molar-refractivity contribution >= 4 is 33.2 Å². The highest BCUT2D eigenvalue weighted by Crippen LogP contribution is 2.53. The third-order valence-electron chi connectivity index (χ3n) is 5.16. The molecule has 1 unspecified atom stereocenters. The van der Waals surface area contributed by atoms with E-state index in [1.165, 1.54) is 24.3 Å². The smallest absolute Gasteiger partial charge is 0.243 e. The maximum atomic E-state index is 16.2. The summed E-state index contributed by atoms with van der Waals surface area (Å²) >= 11 is 7.46. The number of ether oxygens (including phenoxy) is 1. The highest BCUT2D eigenvalue weighted by Gasteiger charge is 2.57. The fourth-order valence-electron chi connectivity index (χ4n) is 3.87. The number of halogens is 3. The van der Waals surface area contributed by atoms with Crippen LogP contribution in [0.5, 0.6) is 0 Å². The predicted octanol–water partition coefficient (Wildman–Crippen LogP) is 4.83. The fraction of sp³-hybridized carbons (Fsp3) is 0.444. The topological polar surface area (TPSA) is 43.4 Å². The van der Waals surface area contributed by atoms with Crippen LogP contribution in [0.3, 0.4) is 0 Å². The first-order valence-corrected chi connectivity index (χ1v) is 11.3. The Kier molecular flexibility index (Phi) is 4.60. The number of fused-ring (bicyclic) bond motifs is 2. The molecule has 2 heterocycles. The summed E-state index contributed by atoms with van der Waals surface area (Å²) in [5, 5.41) is -2.41. The second-order valence-electron chi connectivity index (χ2n) is 6.65. The summed E-state index contributed by atoms with van der Waals surface area (Å²) in [7, 11) is -4.41. The Bertz CT molecular complexity index is 896. The summed E-state index contributed by atoms with van der Waals surface area (Å²) in [6.45, 7) is 0.270. The lowest BCUT2D eigenvalue weighted by Gasteiger charge is -2.43. The van der Waals surface area contributed by atoms with Gasteiger partial charge in [0.2, 0.25) is 14.8 Å². The van der Waals surface area contributed by atoms with Gasteiger partial charge >= 0.3 is 0 Å². The van der Waals surface area contributed by atoms with E-state index in [9.17, 15) is 12.8 Å². The third kappa shape index (κ3) is 2.70. The minimum absolute atomic E-state index is 0.0455. The van der Waals surface area contributed by atoms with E-state index in [0.29, 0.717) is 11.4 Å². The second-order valence-corrected chi connectivity index (χ2v) is 10.6. The molecule has 0 saturated carbocycles. The van der Waals surface area contributed by atoms with Gasteiger partial charge in [0.1, 0.15) is 6.61 Å². The molecular formula is C18H17ClF2O3S2. The van der Waals surface area contributed by atoms with Crippen molar-refractivity contribution in [1.82, 2.24) is 0 Å². The van der Waals surface area contributed by atoms with Gasteiger partial charge in [-0.25, -0.2) is 17.2 Å². The Morgan fingerprint density at radius 3 is 2.73 bits per heavy atom. The zero-order valence-corrected chi connectivity index (χ0v) is 16.1. The van der Waals surface area contributed by atoms with E-state index in [2.05, 4.69) is 0 Å². The molecule has 0 bridgehead atoms. The molecule has 8 heteroatoms. The van der Waals surface area contributed by atoms with Crippen LogP contribution in [-0.4, -0.2) is 31.0 Å². The standard InChI is InChI=1S/C18H17ClF2O3S2/c19-11-3-5-12(6-4-11)26(22,23)18(21)8-7-14(20)17-16(18)13-2-1-9-25-15(13)10-24-17/h3-7,13,15H,1-2,8-10H2/t13?,15-,18+/m0/s1. The van der Waals surface area contributed by atoms with Crippen LogP contribution in [0.25, 0.3) is 0 Å². The first-order chi connectivity index (χ1) is 12.3. The number of rotatable bonds is 2. The maximum absolute atomic E-state index is 16.2. The molecule has 1 aromatic rings. The molecule has 0 spiro atoms. The number of allylic oxidation sites excluding steroid dienone is 2. The Balaban J connectivity index is 1.86. The third-order valence-corrected chi connectivity index (χ3v) is 8.96. The molecule has 4 rings (SSSR count). The van der Waals surface area contributed by atoms with Crippen LogP contribution < -0.4 is 0 Å². The molecule has 3 atom stereocenters. The SMILES string of the molecule is O=S(=O)(c1ccc(Cl)cc1)[C@]1(F)CC=C(F)C2=C1C1CCCS[C@H]1CO2. The number of sulfone groups is 1. The van der Waals surface area contributed by atoms with E-state index in [1.807, 2.05) is 0 Å². The summed E-state index contributed by atoms with van der Waals surface area (Å²) in [4.78, 5) is -0.169. The molecular weight excluding hydrogens is 402 g/mol. The molecule has 1 saturated heterocycles. The van der Waals surface area contributed by atoms with E-state index < -0.39 is 27.1 Å². The molecule has 3 aliphatic rings. The maximum Gasteiger partial charge on any atom is 0.243 e. The number of hydrogen-bond acceptors (Lipinski definition) is 4. The van der Waals surface area contributed by atoms with Crippen LogP contribution in [0, 0.1) is 5.92 Å². The van der Waals surface area contributed by atoms with Gasteiger partial charge in [-0.1, -0.05) is 11.6 Å². The van der Waals surface area contributed by atoms with Crippen molar-refractivity contribution in [2.24, 2.45) is 5.92 Å². The van der Waals surface area contributed by atoms with Gasteiger partial charge in [-0.15, -0.1) is 0 Å². The molecule has 140 valence electrons. The average molecular weight is 419 g/mol. The van der Waals surface area contributed by atoms with Crippen LogP contribution in [-0.2, 0) is 14.6 Å². The van der Waals surface area contributed by atoms with E-state index in [1.54, 1.807) is 11.8 Å². The molecule has 2 aliphatic heterocycles. The number of alkyl halides is 1. The van der Waals surface area contributed by atoms with Crippen molar-refractivity contribution in [2.75, 3.05) is 12.4 Å². The normalized spacial score (nSPS) is 31.6. The summed E-state index contributed by atoms with van der Waals surface area (Å²) in [6.07, 6.45) is 1.89. The van der Waals surface area contributed by atoms with E-state index >= 15 is 4.39 Å². The lowest BCUT2D eigenvalue weighted by molar-refractivity contribution is 0.134. The van der Waals surface area contributed by atoms with Crippen molar-refractivity contribution in [3.8, 4) is 0 Å². The van der Waals surface area contributed by atoms with Crippen LogP contribution in [0.15, 0.2) is 52.4 Å². The van der Waals surface area contributed by atoms with Crippen molar-refractivity contribution < 1.29 is 21.9 Å². The monoisotopic (exact) mass is 418 g/mol. The van der Waals surface area contributed by atoms with Gasteiger partial charge in [0.15, 0.2) is 11.6 Å². The predicted molar refractivity (Wildman–Crippen MR) is 98.2 cm³/mol. The van der Waals surface area contributed by atoms with Crippen molar-refractivity contribution in [3.63, 3.8) is 0 Å². The number of hydrogen-bond donors (Lipinski definition) is 0. The Morgan fingerprint density at radius 1 is 1.27 bits per heavy atom. The van der Waals surface area contributed by atoms with Crippen molar-refractivity contribution in [1.29, 1.82) is 0 Å². The highest BCUT2D eigenvalue weighted by atomic mass is 35.5. The average Bonchev–Trinajstić information content (AvgIpc) is 2.64. The largest absolute Gasteiger partial charge is 0.489 e. The highest BCUT2D eigenvalue weighted by molar-refractivity contribution is 8.00. The first-order valence-electron chi connectivity index (χ1n) is 8.39. The van der Waals surface area contributed by atoms with Gasteiger partial charge in [0.25, 0.3) is 0 Å². The van der Waals surface area contributed by atoms with Gasteiger partial charge in [-0.05, 0) is 48.9 Å². The minimum atomic E-state index is -4.41. The molecule has 1 fully saturated rings. The van der Waals surface area contributed by atoms with Crippen molar-refractivity contribution in [2.45, 2.75) is 34.4 Å². The van der Waals surface area contributed by atoms with Gasteiger partial charge in [-0.3, -0.25) is 0 Å². The lowest BCUT2D eigenvalue weighted by Crippen LogP contribution is -2.47. The summed E-state index contributed by atoms with van der Waals surface area (Å²) in [6, 6.07) is 5.38. The van der Waals surface area contributed by atoms with Crippen LogP contribution >= 0.6 is 23.4 Å². The molecule has 0 aromatic heterocycles. The zero-order chi connectivity index (χ0) is 18.5. The molecule has 0 N–H and O–H groups in total. The molecule has 3 nitrogen and oxygen atoms in total. The van der Waals surface area contributed by atoms with Gasteiger partial charge in [0, 0.05) is 28.2 Å². The minimum Gasteiger partial charge on any atom is -0.489 e. The second kappa shape index (κ2) is 6.53. The molecule has 1 aliphatic carbocycles. The summed E-state index contributed by atoms with van der Waals surface area (Å²) in [5.74, 6) is -0.327. The van der Waals surface area contributed by atoms with Crippen LogP contribution in [0.1, 0.15) is 19.3 Å².